The summed E-state index contributed by atoms with van der Waals surface area (Å²) in [5.74, 6) is -0.254. The van der Waals surface area contributed by atoms with Gasteiger partial charge in [-0.15, -0.1) is 0 Å². The largest absolute Gasteiger partial charge is 0.383 e. The van der Waals surface area contributed by atoms with Crippen molar-refractivity contribution in [3.8, 4) is 0 Å². The minimum Gasteiger partial charge on any atom is -0.383 e. The van der Waals surface area contributed by atoms with Crippen LogP contribution in [0.1, 0.15) is 0 Å². The fourth-order valence-corrected chi connectivity index (χ4v) is 1.87. The fraction of sp³-hybridized carbons (Fsp3) is 0.182. The smallest absolute Gasteiger partial charge is 0.126 e. The first-order valence-electron chi connectivity index (χ1n) is 4.91. The maximum Gasteiger partial charge on any atom is 0.126 e. The molecule has 0 bridgehead atoms. The summed E-state index contributed by atoms with van der Waals surface area (Å²) >= 11 is 3.25. The molecule has 0 aliphatic carbocycles. The molecule has 0 amide bonds. The zero-order chi connectivity index (χ0) is 11.4. The molecule has 5 heteroatoms. The number of anilines is 1. The van der Waals surface area contributed by atoms with E-state index in [1.165, 1.54) is 12.1 Å². The number of hydrogen-bond acceptors (Lipinski definition) is 2. The van der Waals surface area contributed by atoms with Gasteiger partial charge in [-0.25, -0.2) is 4.39 Å². The van der Waals surface area contributed by atoms with Gasteiger partial charge in [-0.05, 0) is 24.3 Å². The highest BCUT2D eigenvalue weighted by Gasteiger charge is 1.98. The minimum atomic E-state index is -0.254. The molecule has 2 aromatic rings. The maximum atomic E-state index is 13.0. The van der Waals surface area contributed by atoms with Crippen LogP contribution in [-0.2, 0) is 6.54 Å². The van der Waals surface area contributed by atoms with Gasteiger partial charge < -0.3 is 5.32 Å². The molecule has 1 aromatic heterocycles. The van der Waals surface area contributed by atoms with Crippen LogP contribution in [0.2, 0.25) is 0 Å². The van der Waals surface area contributed by atoms with Crippen LogP contribution in [0.25, 0.3) is 0 Å². The SMILES string of the molecule is Fc1cc(Br)cc(NCCn2cccn2)c1. The van der Waals surface area contributed by atoms with E-state index in [2.05, 4.69) is 26.3 Å². The number of nitrogens with zero attached hydrogens (tertiary/aromatic N) is 2. The Kier molecular flexibility index (Phi) is 3.56. The van der Waals surface area contributed by atoms with Crippen molar-refractivity contribution in [1.82, 2.24) is 9.78 Å². The van der Waals surface area contributed by atoms with Gasteiger partial charge >= 0.3 is 0 Å². The van der Waals surface area contributed by atoms with Crippen molar-refractivity contribution in [1.29, 1.82) is 0 Å². The summed E-state index contributed by atoms with van der Waals surface area (Å²) in [6, 6.07) is 6.61. The molecule has 0 radical (unpaired) electrons. The fourth-order valence-electron chi connectivity index (χ4n) is 1.40. The normalized spacial score (nSPS) is 10.4. The van der Waals surface area contributed by atoms with Gasteiger partial charge in [-0.3, -0.25) is 4.68 Å². The van der Waals surface area contributed by atoms with Crippen molar-refractivity contribution < 1.29 is 4.39 Å². The standard InChI is InChI=1S/C11H11BrFN3/c12-9-6-10(13)8-11(7-9)14-3-5-16-4-1-2-15-16/h1-2,4,6-8,14H,3,5H2. The monoisotopic (exact) mass is 283 g/mol. The molecule has 3 nitrogen and oxygen atoms in total. The number of nitrogens with one attached hydrogen (secondary N) is 1. The molecular formula is C11H11BrFN3. The summed E-state index contributed by atoms with van der Waals surface area (Å²) in [5.41, 5.74) is 0.763. The third-order valence-corrected chi connectivity index (χ3v) is 2.55. The highest BCUT2D eigenvalue weighted by Crippen LogP contribution is 2.18. The molecule has 2 rings (SSSR count). The van der Waals surface area contributed by atoms with Gasteiger partial charge in [0.1, 0.15) is 5.82 Å². The quantitative estimate of drug-likeness (QED) is 0.935. The molecule has 0 saturated heterocycles. The van der Waals surface area contributed by atoms with Crippen molar-refractivity contribution in [3.05, 3.63) is 46.9 Å². The summed E-state index contributed by atoms with van der Waals surface area (Å²) in [6.45, 7) is 1.46. The van der Waals surface area contributed by atoms with Crippen molar-refractivity contribution in [3.63, 3.8) is 0 Å². The Labute approximate surface area is 101 Å². The number of halogens is 2. The van der Waals surface area contributed by atoms with Crippen LogP contribution in [-0.4, -0.2) is 16.3 Å². The van der Waals surface area contributed by atoms with Crippen LogP contribution in [0.15, 0.2) is 41.1 Å². The number of hydrogen-bond donors (Lipinski definition) is 1. The molecular weight excluding hydrogens is 273 g/mol. The second-order valence-electron chi connectivity index (χ2n) is 3.35. The Morgan fingerprint density at radius 3 is 2.94 bits per heavy atom. The topological polar surface area (TPSA) is 29.9 Å². The predicted molar refractivity (Wildman–Crippen MR) is 64.8 cm³/mol. The highest BCUT2D eigenvalue weighted by atomic mass is 79.9. The Hall–Kier alpha value is -1.36. The van der Waals surface area contributed by atoms with E-state index in [4.69, 9.17) is 0 Å². The average Bonchev–Trinajstić information content (AvgIpc) is 2.69. The first kappa shape index (κ1) is 11.1. The van der Waals surface area contributed by atoms with Crippen molar-refractivity contribution in [2.24, 2.45) is 0 Å². The number of benzene rings is 1. The second-order valence-corrected chi connectivity index (χ2v) is 4.27. The van der Waals surface area contributed by atoms with Crippen LogP contribution in [0.3, 0.4) is 0 Å². The van der Waals surface area contributed by atoms with Gasteiger partial charge in [-0.2, -0.15) is 5.10 Å². The molecule has 84 valence electrons. The first-order chi connectivity index (χ1) is 7.74. The molecule has 0 saturated carbocycles. The third kappa shape index (κ3) is 3.06. The van der Waals surface area contributed by atoms with Gasteiger partial charge in [-0.1, -0.05) is 15.9 Å². The van der Waals surface area contributed by atoms with Gasteiger partial charge in [0.05, 0.1) is 6.54 Å². The van der Waals surface area contributed by atoms with E-state index in [1.54, 1.807) is 6.20 Å². The van der Waals surface area contributed by atoms with E-state index in [9.17, 15) is 4.39 Å². The number of rotatable bonds is 4. The minimum absolute atomic E-state index is 0.254. The van der Waals surface area contributed by atoms with E-state index in [0.29, 0.717) is 6.54 Å². The highest BCUT2D eigenvalue weighted by molar-refractivity contribution is 9.10. The van der Waals surface area contributed by atoms with E-state index < -0.39 is 0 Å². The first-order valence-corrected chi connectivity index (χ1v) is 5.71. The van der Waals surface area contributed by atoms with Crippen molar-refractivity contribution in [2.75, 3.05) is 11.9 Å². The molecule has 16 heavy (non-hydrogen) atoms. The lowest BCUT2D eigenvalue weighted by atomic mass is 10.3. The summed E-state index contributed by atoms with van der Waals surface area (Å²) < 4.78 is 15.6. The van der Waals surface area contributed by atoms with Crippen LogP contribution < -0.4 is 5.32 Å². The molecule has 1 aromatic carbocycles. The summed E-state index contributed by atoms with van der Waals surface area (Å²) in [5, 5.41) is 7.21. The second kappa shape index (κ2) is 5.12. The van der Waals surface area contributed by atoms with Gasteiger partial charge in [0.15, 0.2) is 0 Å². The maximum absolute atomic E-state index is 13.0. The molecule has 0 atom stereocenters. The summed E-state index contributed by atoms with van der Waals surface area (Å²) in [6.07, 6.45) is 3.63. The lowest BCUT2D eigenvalue weighted by Gasteiger charge is -2.07. The lowest BCUT2D eigenvalue weighted by Crippen LogP contribution is -2.10. The van der Waals surface area contributed by atoms with Crippen molar-refractivity contribution >= 4 is 21.6 Å². The Morgan fingerprint density at radius 2 is 2.25 bits per heavy atom. The zero-order valence-electron chi connectivity index (χ0n) is 8.53. The van der Waals surface area contributed by atoms with E-state index in [0.717, 1.165) is 16.7 Å². The molecule has 1 N–H and O–H groups in total. The predicted octanol–water partition coefficient (Wildman–Crippen LogP) is 2.90. The molecule has 0 spiro atoms. The summed E-state index contributed by atoms with van der Waals surface area (Å²) in [7, 11) is 0. The van der Waals surface area contributed by atoms with Gasteiger partial charge in [0.2, 0.25) is 0 Å². The van der Waals surface area contributed by atoms with E-state index >= 15 is 0 Å². The van der Waals surface area contributed by atoms with Crippen LogP contribution in [0.4, 0.5) is 10.1 Å². The third-order valence-electron chi connectivity index (χ3n) is 2.09. The Balaban J connectivity index is 1.89. The molecule has 0 unspecified atom stereocenters. The van der Waals surface area contributed by atoms with Crippen LogP contribution >= 0.6 is 15.9 Å². The summed E-state index contributed by atoms with van der Waals surface area (Å²) in [4.78, 5) is 0. The van der Waals surface area contributed by atoms with Gasteiger partial charge in [0, 0.05) is 29.1 Å². The molecule has 0 aliphatic heterocycles. The zero-order valence-corrected chi connectivity index (χ0v) is 10.1. The Morgan fingerprint density at radius 1 is 1.38 bits per heavy atom. The molecule has 1 heterocycles. The van der Waals surface area contributed by atoms with Crippen molar-refractivity contribution in [2.45, 2.75) is 6.54 Å². The van der Waals surface area contributed by atoms with Crippen LogP contribution in [0.5, 0.6) is 0 Å². The number of aromatic nitrogens is 2. The molecule has 0 aliphatic rings. The van der Waals surface area contributed by atoms with Gasteiger partial charge in [0.25, 0.3) is 0 Å². The van der Waals surface area contributed by atoms with E-state index in [1.807, 2.05) is 23.0 Å². The Bertz CT molecular complexity index is 436. The van der Waals surface area contributed by atoms with E-state index in [-0.39, 0.29) is 5.82 Å². The average molecular weight is 284 g/mol. The lowest BCUT2D eigenvalue weighted by molar-refractivity contribution is 0.624. The molecule has 0 fully saturated rings. The van der Waals surface area contributed by atoms with Crippen LogP contribution in [0, 0.1) is 5.82 Å².